The largest absolute Gasteiger partial charge is 0.370 e. The van der Waals surface area contributed by atoms with Crippen molar-refractivity contribution in [3.63, 3.8) is 0 Å². The number of carbonyl (C=O) groups is 1. The lowest BCUT2D eigenvalue weighted by Crippen LogP contribution is -2.26. The summed E-state index contributed by atoms with van der Waals surface area (Å²) in [5.74, 6) is 0.254. The van der Waals surface area contributed by atoms with Crippen LogP contribution in [0.5, 0.6) is 0 Å². The summed E-state index contributed by atoms with van der Waals surface area (Å²) in [6.45, 7) is 2.60. The Labute approximate surface area is 158 Å². The van der Waals surface area contributed by atoms with Crippen molar-refractivity contribution in [2.75, 3.05) is 11.9 Å². The van der Waals surface area contributed by atoms with Crippen molar-refractivity contribution in [2.24, 2.45) is 0 Å². The van der Waals surface area contributed by atoms with Crippen LogP contribution >= 0.6 is 0 Å². The molecule has 3 rings (SSSR count). The maximum atomic E-state index is 12.9. The Morgan fingerprint density at radius 1 is 1.07 bits per heavy atom. The molecule has 1 aromatic heterocycles. The monoisotopic (exact) mass is 363 g/mol. The molecule has 3 aromatic rings. The molecule has 0 radical (unpaired) electrons. The number of halogens is 1. The Balaban J connectivity index is 1.56. The van der Waals surface area contributed by atoms with Crippen molar-refractivity contribution < 1.29 is 9.18 Å². The summed E-state index contributed by atoms with van der Waals surface area (Å²) in [7, 11) is 0. The zero-order chi connectivity index (χ0) is 19.1. The molecule has 4 nitrogen and oxygen atoms in total. The molecule has 27 heavy (non-hydrogen) atoms. The minimum Gasteiger partial charge on any atom is -0.370 e. The molecule has 0 saturated carbocycles. The number of rotatable bonds is 7. The van der Waals surface area contributed by atoms with Crippen molar-refractivity contribution in [3.8, 4) is 0 Å². The van der Waals surface area contributed by atoms with Crippen LogP contribution in [0, 0.1) is 5.82 Å². The molecule has 0 bridgehead atoms. The first-order valence-corrected chi connectivity index (χ1v) is 8.92. The van der Waals surface area contributed by atoms with Gasteiger partial charge in [0, 0.05) is 18.3 Å². The van der Waals surface area contributed by atoms with E-state index in [9.17, 15) is 9.18 Å². The van der Waals surface area contributed by atoms with E-state index in [1.54, 1.807) is 30.5 Å². The van der Waals surface area contributed by atoms with E-state index in [0.717, 1.165) is 17.5 Å². The maximum Gasteiger partial charge on any atom is 0.251 e. The number of nitrogens with zero attached hydrogens (tertiary/aromatic N) is 1. The van der Waals surface area contributed by atoms with Gasteiger partial charge in [0.2, 0.25) is 0 Å². The number of hydrogen-bond donors (Lipinski definition) is 2. The Bertz CT molecular complexity index is 882. The smallest absolute Gasteiger partial charge is 0.251 e. The molecule has 0 aliphatic carbocycles. The minimum absolute atomic E-state index is 0.0817. The highest BCUT2D eigenvalue weighted by Crippen LogP contribution is 2.14. The predicted molar refractivity (Wildman–Crippen MR) is 105 cm³/mol. The number of carbonyl (C=O) groups excluding carboxylic acids is 1. The van der Waals surface area contributed by atoms with Gasteiger partial charge in [-0.2, -0.15) is 0 Å². The molecule has 0 spiro atoms. The van der Waals surface area contributed by atoms with Crippen molar-refractivity contribution in [1.82, 2.24) is 10.3 Å². The third kappa shape index (κ3) is 5.38. The second-order valence-corrected chi connectivity index (χ2v) is 6.34. The van der Waals surface area contributed by atoms with Crippen LogP contribution in [-0.4, -0.2) is 17.4 Å². The molecule has 2 N–H and O–H groups in total. The number of anilines is 1. The average Bonchev–Trinajstić information content (AvgIpc) is 2.70. The first-order chi connectivity index (χ1) is 13.1. The van der Waals surface area contributed by atoms with E-state index in [2.05, 4.69) is 15.6 Å². The van der Waals surface area contributed by atoms with E-state index in [1.807, 2.05) is 37.3 Å². The van der Waals surface area contributed by atoms with Crippen LogP contribution in [0.25, 0.3) is 0 Å². The lowest BCUT2D eigenvalue weighted by Gasteiger charge is -2.14. The summed E-state index contributed by atoms with van der Waals surface area (Å²) >= 11 is 0. The number of benzene rings is 2. The fourth-order valence-electron chi connectivity index (χ4n) is 2.76. The zero-order valence-electron chi connectivity index (χ0n) is 15.2. The zero-order valence-corrected chi connectivity index (χ0v) is 15.2. The number of aromatic nitrogens is 1. The van der Waals surface area contributed by atoms with Gasteiger partial charge in [0.25, 0.3) is 5.91 Å². The highest BCUT2D eigenvalue weighted by Gasteiger charge is 2.12. The molecule has 0 saturated heterocycles. The summed E-state index contributed by atoms with van der Waals surface area (Å²) < 4.78 is 12.9. The van der Waals surface area contributed by atoms with Crippen LogP contribution in [0.2, 0.25) is 0 Å². The molecule has 1 amide bonds. The van der Waals surface area contributed by atoms with Crippen LogP contribution < -0.4 is 10.6 Å². The second-order valence-electron chi connectivity index (χ2n) is 6.34. The first-order valence-electron chi connectivity index (χ1n) is 8.92. The molecule has 0 aliphatic rings. The SMILES string of the molecule is CC(NC(=O)c1ccnc(NCCc2ccc(F)cc2)c1)c1ccccc1. The fraction of sp³-hybridized carbons (Fsp3) is 0.182. The van der Waals surface area contributed by atoms with Gasteiger partial charge in [-0.3, -0.25) is 4.79 Å². The van der Waals surface area contributed by atoms with Gasteiger partial charge in [0.1, 0.15) is 11.6 Å². The molecule has 0 aliphatic heterocycles. The van der Waals surface area contributed by atoms with E-state index in [1.165, 1.54) is 12.1 Å². The lowest BCUT2D eigenvalue weighted by molar-refractivity contribution is 0.0940. The molecule has 1 unspecified atom stereocenters. The highest BCUT2D eigenvalue weighted by atomic mass is 19.1. The summed E-state index contributed by atoms with van der Waals surface area (Å²) in [4.78, 5) is 16.8. The van der Waals surface area contributed by atoms with Gasteiger partial charge in [-0.25, -0.2) is 9.37 Å². The maximum absolute atomic E-state index is 12.9. The minimum atomic E-state index is -0.239. The molecule has 5 heteroatoms. The van der Waals surface area contributed by atoms with Gasteiger partial charge < -0.3 is 10.6 Å². The first kappa shape index (κ1) is 18.6. The Morgan fingerprint density at radius 3 is 2.56 bits per heavy atom. The van der Waals surface area contributed by atoms with Gasteiger partial charge in [-0.05, 0) is 48.7 Å². The fourth-order valence-corrected chi connectivity index (χ4v) is 2.76. The van der Waals surface area contributed by atoms with E-state index in [-0.39, 0.29) is 17.8 Å². The summed E-state index contributed by atoms with van der Waals surface area (Å²) in [5, 5.41) is 6.20. The molecular weight excluding hydrogens is 341 g/mol. The van der Waals surface area contributed by atoms with Crippen LogP contribution in [0.4, 0.5) is 10.2 Å². The Morgan fingerprint density at radius 2 is 1.81 bits per heavy atom. The van der Waals surface area contributed by atoms with Gasteiger partial charge in [-0.15, -0.1) is 0 Å². The molecule has 1 atom stereocenters. The van der Waals surface area contributed by atoms with Crippen molar-refractivity contribution in [1.29, 1.82) is 0 Å². The van der Waals surface area contributed by atoms with Crippen molar-refractivity contribution >= 4 is 11.7 Å². The van der Waals surface area contributed by atoms with E-state index < -0.39 is 0 Å². The van der Waals surface area contributed by atoms with Crippen LogP contribution in [0.3, 0.4) is 0 Å². The molecule has 1 heterocycles. The van der Waals surface area contributed by atoms with Crippen molar-refractivity contribution in [2.45, 2.75) is 19.4 Å². The van der Waals surface area contributed by atoms with E-state index in [0.29, 0.717) is 17.9 Å². The van der Waals surface area contributed by atoms with Crippen LogP contribution in [0.1, 0.15) is 34.5 Å². The van der Waals surface area contributed by atoms with Crippen LogP contribution in [0.15, 0.2) is 72.9 Å². The third-order valence-corrected chi connectivity index (χ3v) is 4.30. The average molecular weight is 363 g/mol. The number of nitrogens with one attached hydrogen (secondary N) is 2. The molecule has 138 valence electrons. The third-order valence-electron chi connectivity index (χ3n) is 4.30. The number of amides is 1. The van der Waals surface area contributed by atoms with Gasteiger partial charge in [0.15, 0.2) is 0 Å². The van der Waals surface area contributed by atoms with E-state index in [4.69, 9.17) is 0 Å². The summed E-state index contributed by atoms with van der Waals surface area (Å²) in [5.41, 5.74) is 2.64. The number of hydrogen-bond acceptors (Lipinski definition) is 3. The highest BCUT2D eigenvalue weighted by molar-refractivity contribution is 5.95. The quantitative estimate of drug-likeness (QED) is 0.655. The lowest BCUT2D eigenvalue weighted by atomic mass is 10.1. The molecule has 2 aromatic carbocycles. The van der Waals surface area contributed by atoms with Crippen LogP contribution in [-0.2, 0) is 6.42 Å². The number of pyridine rings is 1. The van der Waals surface area contributed by atoms with Gasteiger partial charge in [0.05, 0.1) is 6.04 Å². The summed E-state index contributed by atoms with van der Waals surface area (Å²) in [6.07, 6.45) is 2.35. The Hall–Kier alpha value is -3.21. The predicted octanol–water partition coefficient (Wildman–Crippen LogP) is 4.37. The topological polar surface area (TPSA) is 54.0 Å². The van der Waals surface area contributed by atoms with Gasteiger partial charge in [-0.1, -0.05) is 42.5 Å². The van der Waals surface area contributed by atoms with E-state index >= 15 is 0 Å². The second kappa shape index (κ2) is 8.94. The normalized spacial score (nSPS) is 11.6. The van der Waals surface area contributed by atoms with Crippen molar-refractivity contribution in [3.05, 3.63) is 95.4 Å². The van der Waals surface area contributed by atoms with Gasteiger partial charge >= 0.3 is 0 Å². The standard InChI is InChI=1S/C22H22FN3O/c1-16(18-5-3-2-4-6-18)26-22(27)19-12-14-25-21(15-19)24-13-11-17-7-9-20(23)10-8-17/h2-10,12,14-16H,11,13H2,1H3,(H,24,25)(H,26,27). The summed E-state index contributed by atoms with van der Waals surface area (Å²) in [6, 6.07) is 19.6. The molecular formula is C22H22FN3O. The molecule has 0 fully saturated rings. The Kier molecular flexibility index (Phi) is 6.15.